The smallest absolute Gasteiger partial charge is 0.328 e. The molecule has 0 saturated carbocycles. The lowest BCUT2D eigenvalue weighted by Crippen LogP contribution is -2.48. The van der Waals surface area contributed by atoms with Gasteiger partial charge in [-0.15, -0.1) is 0 Å². The number of carboxylic acid groups (broad SMARTS) is 4. The first-order valence-electron chi connectivity index (χ1n) is 10.2. The van der Waals surface area contributed by atoms with Crippen LogP contribution in [0.4, 0.5) is 0 Å². The Bertz CT molecular complexity index is 870. The van der Waals surface area contributed by atoms with Gasteiger partial charge in [-0.2, -0.15) is 0 Å². The Morgan fingerprint density at radius 2 is 1.43 bits per heavy atom. The number of hydrogen-bond acceptors (Lipinski definition) is 7. The van der Waals surface area contributed by atoms with E-state index in [9.17, 15) is 19.2 Å². The summed E-state index contributed by atoms with van der Waals surface area (Å²) in [4.78, 5) is 40.6. The number of piperazine rings is 1. The molecule has 13 heteroatoms. The molecular formula is C22H28Cl2N2O9. The van der Waals surface area contributed by atoms with E-state index in [1.165, 1.54) is 0 Å². The maximum absolute atomic E-state index is 9.55. The summed E-state index contributed by atoms with van der Waals surface area (Å²) in [6.45, 7) is 8.74. The fraction of sp³-hybridized carbons (Fsp3) is 0.364. The van der Waals surface area contributed by atoms with Gasteiger partial charge >= 0.3 is 23.9 Å². The highest BCUT2D eigenvalue weighted by Crippen LogP contribution is 2.31. The van der Waals surface area contributed by atoms with Gasteiger partial charge in [0.25, 0.3) is 0 Å². The molecule has 0 aromatic heterocycles. The molecule has 11 nitrogen and oxygen atoms in total. The topological polar surface area (TPSA) is 174 Å². The van der Waals surface area contributed by atoms with Crippen molar-refractivity contribution in [1.29, 1.82) is 0 Å². The summed E-state index contributed by atoms with van der Waals surface area (Å²) in [5.41, 5.74) is 1.10. The fourth-order valence-electron chi connectivity index (χ4n) is 2.67. The van der Waals surface area contributed by atoms with Crippen molar-refractivity contribution in [2.24, 2.45) is 0 Å². The zero-order valence-corrected chi connectivity index (χ0v) is 20.6. The Balaban J connectivity index is 0.000000601. The normalized spacial score (nSPS) is 15.5. The zero-order valence-electron chi connectivity index (χ0n) is 19.1. The van der Waals surface area contributed by atoms with Crippen molar-refractivity contribution < 1.29 is 44.3 Å². The Labute approximate surface area is 212 Å². The monoisotopic (exact) mass is 534 g/mol. The number of nitrogens with one attached hydrogen (secondary N) is 1. The predicted octanol–water partition coefficient (Wildman–Crippen LogP) is 2.61. The third-order valence-corrected chi connectivity index (χ3v) is 4.71. The molecule has 1 aliphatic heterocycles. The maximum Gasteiger partial charge on any atom is 0.328 e. The molecule has 0 aliphatic carbocycles. The van der Waals surface area contributed by atoms with Crippen LogP contribution in [-0.4, -0.2) is 81.5 Å². The van der Waals surface area contributed by atoms with Crippen LogP contribution in [0.2, 0.25) is 10.0 Å². The lowest BCUT2D eigenvalue weighted by atomic mass is 10.1. The highest BCUT2D eigenvalue weighted by molar-refractivity contribution is 6.42. The number of nitrogens with zero attached hydrogens (tertiary/aromatic N) is 1. The molecule has 1 atom stereocenters. The largest absolute Gasteiger partial charge is 0.493 e. The molecule has 0 unspecified atom stereocenters. The van der Waals surface area contributed by atoms with E-state index in [1.54, 1.807) is 0 Å². The van der Waals surface area contributed by atoms with Gasteiger partial charge in [-0.05, 0) is 19.9 Å². The lowest BCUT2D eigenvalue weighted by molar-refractivity contribution is -0.134. The molecule has 1 aromatic carbocycles. The Kier molecular flexibility index (Phi) is 15.8. The molecular weight excluding hydrogens is 507 g/mol. The Morgan fingerprint density at radius 1 is 0.971 bits per heavy atom. The molecule has 1 aromatic rings. The Morgan fingerprint density at radius 3 is 1.83 bits per heavy atom. The average Bonchev–Trinajstić information content (AvgIpc) is 2.75. The molecule has 194 valence electrons. The molecule has 1 saturated heterocycles. The second kappa shape index (κ2) is 17.3. The minimum absolute atomic E-state index is 0.520. The molecule has 1 aliphatic rings. The number of hydrogen-bond donors (Lipinski definition) is 5. The molecule has 0 amide bonds. The van der Waals surface area contributed by atoms with Gasteiger partial charge < -0.3 is 30.5 Å². The minimum Gasteiger partial charge on any atom is -0.493 e. The van der Waals surface area contributed by atoms with E-state index in [1.807, 2.05) is 19.1 Å². The van der Waals surface area contributed by atoms with Gasteiger partial charge in [-0.25, -0.2) is 19.2 Å². The van der Waals surface area contributed by atoms with E-state index in [0.717, 1.165) is 37.5 Å². The second-order valence-corrected chi connectivity index (χ2v) is 7.73. The number of carboxylic acids is 4. The van der Waals surface area contributed by atoms with Gasteiger partial charge in [-0.3, -0.25) is 4.90 Å². The molecule has 35 heavy (non-hydrogen) atoms. The second-order valence-electron chi connectivity index (χ2n) is 6.92. The van der Waals surface area contributed by atoms with Crippen LogP contribution in [0, 0.1) is 0 Å². The third kappa shape index (κ3) is 16.2. The zero-order chi connectivity index (χ0) is 27.0. The first-order chi connectivity index (χ1) is 16.3. The predicted molar refractivity (Wildman–Crippen MR) is 129 cm³/mol. The minimum atomic E-state index is -1.26. The number of halogens is 2. The van der Waals surface area contributed by atoms with Crippen LogP contribution in [0.15, 0.2) is 36.4 Å². The first-order valence-corrected chi connectivity index (χ1v) is 11.0. The first kappa shape index (κ1) is 31.9. The average molecular weight is 535 g/mol. The van der Waals surface area contributed by atoms with Gasteiger partial charge in [0, 0.05) is 68.2 Å². The van der Waals surface area contributed by atoms with E-state index in [-0.39, 0.29) is 0 Å². The molecule has 1 heterocycles. The van der Waals surface area contributed by atoms with Crippen LogP contribution in [-0.2, 0) is 25.7 Å². The van der Waals surface area contributed by atoms with Gasteiger partial charge in [0.2, 0.25) is 0 Å². The summed E-state index contributed by atoms with van der Waals surface area (Å²) in [5, 5.41) is 35.8. The number of carbonyl (C=O) groups is 4. The summed E-state index contributed by atoms with van der Waals surface area (Å²) < 4.78 is 5.66. The van der Waals surface area contributed by atoms with Crippen molar-refractivity contribution in [3.63, 3.8) is 0 Å². The highest BCUT2D eigenvalue weighted by atomic mass is 35.5. The maximum atomic E-state index is 9.55. The van der Waals surface area contributed by atoms with E-state index in [2.05, 4.69) is 17.1 Å². The molecule has 1 fully saturated rings. The number of benzene rings is 1. The number of rotatable bonds is 8. The summed E-state index contributed by atoms with van der Waals surface area (Å²) in [5.74, 6) is -4.19. The van der Waals surface area contributed by atoms with Gasteiger partial charge in [0.15, 0.2) is 0 Å². The van der Waals surface area contributed by atoms with Crippen LogP contribution in [0.3, 0.4) is 0 Å². The Hall–Kier alpha value is -3.12. The van der Waals surface area contributed by atoms with Crippen LogP contribution in [0.1, 0.15) is 19.4 Å². The number of aliphatic carboxylic acids is 4. The fourth-order valence-corrected chi connectivity index (χ4v) is 3.00. The highest BCUT2D eigenvalue weighted by Gasteiger charge is 2.18. The van der Waals surface area contributed by atoms with Crippen molar-refractivity contribution in [3.05, 3.63) is 52.0 Å². The van der Waals surface area contributed by atoms with Gasteiger partial charge in [-0.1, -0.05) is 23.2 Å². The van der Waals surface area contributed by atoms with Crippen molar-refractivity contribution in [3.8, 4) is 5.75 Å². The summed E-state index contributed by atoms with van der Waals surface area (Å²) >= 11 is 12.2. The molecule has 5 N–H and O–H groups in total. The van der Waals surface area contributed by atoms with E-state index >= 15 is 0 Å². The number of ether oxygens (including phenoxy) is 1. The quantitative estimate of drug-likeness (QED) is 0.310. The third-order valence-electron chi connectivity index (χ3n) is 3.99. The standard InChI is InChI=1S/C14H20Cl2N2O.2C4H4O4/c1-3-19-14-7-13(16)12(15)6-11(14)9-18-5-4-17-10(2)8-18;2*5-3(6)1-2-4(7)8/h6-7,10,17H,3-5,8-9H2,1-2H3;2*1-2H,(H,5,6)(H,7,8)/b;2*2-1+/t10-;;/m0../s1. The van der Waals surface area contributed by atoms with Crippen molar-refractivity contribution in [1.82, 2.24) is 10.2 Å². The molecule has 2 rings (SSSR count). The van der Waals surface area contributed by atoms with Gasteiger partial charge in [0.1, 0.15) is 5.75 Å². The lowest BCUT2D eigenvalue weighted by Gasteiger charge is -2.32. The summed E-state index contributed by atoms with van der Waals surface area (Å²) in [6.07, 6.45) is 2.23. The van der Waals surface area contributed by atoms with Crippen LogP contribution >= 0.6 is 23.2 Å². The van der Waals surface area contributed by atoms with E-state index < -0.39 is 23.9 Å². The summed E-state index contributed by atoms with van der Waals surface area (Å²) in [6, 6.07) is 4.25. The van der Waals surface area contributed by atoms with E-state index in [0.29, 0.717) is 47.0 Å². The van der Waals surface area contributed by atoms with Gasteiger partial charge in [0.05, 0.1) is 16.7 Å². The van der Waals surface area contributed by atoms with Crippen molar-refractivity contribution >= 4 is 47.1 Å². The molecule has 0 spiro atoms. The van der Waals surface area contributed by atoms with E-state index in [4.69, 9.17) is 48.4 Å². The van der Waals surface area contributed by atoms with Crippen LogP contribution in [0.25, 0.3) is 0 Å². The van der Waals surface area contributed by atoms with Crippen molar-refractivity contribution in [2.45, 2.75) is 26.4 Å². The SMILES string of the molecule is CCOc1cc(Cl)c(Cl)cc1CN1CCN[C@@H](C)C1.O=C(O)/C=C/C(=O)O.O=C(O)/C=C/C(=O)O. The van der Waals surface area contributed by atoms with Crippen LogP contribution in [0.5, 0.6) is 5.75 Å². The summed E-state index contributed by atoms with van der Waals surface area (Å²) in [7, 11) is 0. The molecule has 0 radical (unpaired) electrons. The van der Waals surface area contributed by atoms with Crippen LogP contribution < -0.4 is 10.1 Å². The van der Waals surface area contributed by atoms with Crippen molar-refractivity contribution in [2.75, 3.05) is 26.2 Å². The molecule has 0 bridgehead atoms.